The number of carbonyl (C=O) groups excluding carboxylic acids is 1. The Kier molecular flexibility index (Phi) is 6.18. The third kappa shape index (κ3) is 5.30. The minimum absolute atomic E-state index is 0.170. The third-order valence-corrected chi connectivity index (χ3v) is 5.86. The summed E-state index contributed by atoms with van der Waals surface area (Å²) >= 11 is 0. The van der Waals surface area contributed by atoms with Crippen molar-refractivity contribution in [2.24, 2.45) is 0 Å². The van der Waals surface area contributed by atoms with Crippen molar-refractivity contribution in [2.75, 3.05) is 23.9 Å². The van der Waals surface area contributed by atoms with Crippen LogP contribution in [0.25, 0.3) is 0 Å². The van der Waals surface area contributed by atoms with Gasteiger partial charge in [-0.25, -0.2) is 8.42 Å². The highest BCUT2D eigenvalue weighted by atomic mass is 32.2. The second-order valence-electron chi connectivity index (χ2n) is 7.14. The van der Waals surface area contributed by atoms with Crippen molar-refractivity contribution in [1.29, 1.82) is 0 Å². The quantitative estimate of drug-likeness (QED) is 0.561. The Morgan fingerprint density at radius 2 is 1.66 bits per heavy atom. The van der Waals surface area contributed by atoms with Gasteiger partial charge < -0.3 is 19.5 Å². The van der Waals surface area contributed by atoms with Gasteiger partial charge in [-0.3, -0.25) is 9.10 Å². The lowest BCUT2D eigenvalue weighted by atomic mass is 10.2. The van der Waals surface area contributed by atoms with Gasteiger partial charge >= 0.3 is 0 Å². The molecule has 0 fully saturated rings. The largest absolute Gasteiger partial charge is 0.457 e. The molecule has 1 N–H and O–H groups in total. The first-order chi connectivity index (χ1) is 15.4. The van der Waals surface area contributed by atoms with E-state index in [0.717, 1.165) is 16.1 Å². The molecule has 9 heteroatoms. The predicted molar refractivity (Wildman–Crippen MR) is 120 cm³/mol. The number of amides is 1. The van der Waals surface area contributed by atoms with Gasteiger partial charge in [0.15, 0.2) is 11.5 Å². The monoisotopic (exact) mass is 454 g/mol. The van der Waals surface area contributed by atoms with Crippen LogP contribution in [-0.2, 0) is 21.4 Å². The SMILES string of the molecule is CS(=O)(=O)N(CC(=O)NCc1ccc2c(c1)OCO2)c1ccc(Oc2ccccc2)cc1. The van der Waals surface area contributed by atoms with E-state index in [1.807, 2.05) is 36.4 Å². The molecule has 0 aromatic heterocycles. The van der Waals surface area contributed by atoms with Gasteiger partial charge in [0.2, 0.25) is 22.7 Å². The van der Waals surface area contributed by atoms with Crippen LogP contribution in [0.1, 0.15) is 5.56 Å². The van der Waals surface area contributed by atoms with Crippen LogP contribution in [0.2, 0.25) is 0 Å². The number of nitrogens with one attached hydrogen (secondary N) is 1. The molecule has 166 valence electrons. The summed E-state index contributed by atoms with van der Waals surface area (Å²) in [5.74, 6) is 2.07. The number of para-hydroxylation sites is 1. The van der Waals surface area contributed by atoms with E-state index in [-0.39, 0.29) is 19.9 Å². The normalized spacial score (nSPS) is 12.3. The summed E-state index contributed by atoms with van der Waals surface area (Å²) in [4.78, 5) is 12.5. The molecule has 0 atom stereocenters. The minimum atomic E-state index is -3.68. The number of anilines is 1. The van der Waals surface area contributed by atoms with E-state index in [4.69, 9.17) is 14.2 Å². The first-order valence-corrected chi connectivity index (χ1v) is 11.7. The highest BCUT2D eigenvalue weighted by Gasteiger charge is 2.21. The molecule has 1 amide bonds. The van der Waals surface area contributed by atoms with Crippen LogP contribution in [0, 0.1) is 0 Å². The molecule has 4 rings (SSSR count). The zero-order valence-corrected chi connectivity index (χ0v) is 18.2. The van der Waals surface area contributed by atoms with E-state index in [0.29, 0.717) is 28.7 Å². The van der Waals surface area contributed by atoms with Crippen LogP contribution in [0.15, 0.2) is 72.8 Å². The summed E-state index contributed by atoms with van der Waals surface area (Å²) in [5.41, 5.74) is 1.18. The van der Waals surface area contributed by atoms with Crippen LogP contribution >= 0.6 is 0 Å². The summed E-state index contributed by atoms with van der Waals surface area (Å²) in [6.45, 7) is 0.0584. The lowest BCUT2D eigenvalue weighted by Gasteiger charge is -2.22. The zero-order valence-electron chi connectivity index (χ0n) is 17.4. The maximum atomic E-state index is 12.5. The molecule has 0 saturated carbocycles. The molecule has 32 heavy (non-hydrogen) atoms. The number of carbonyl (C=O) groups is 1. The second kappa shape index (κ2) is 9.19. The summed E-state index contributed by atoms with van der Waals surface area (Å²) in [7, 11) is -3.68. The van der Waals surface area contributed by atoms with Crippen molar-refractivity contribution in [3.63, 3.8) is 0 Å². The average Bonchev–Trinajstić information content (AvgIpc) is 3.25. The second-order valence-corrected chi connectivity index (χ2v) is 9.05. The van der Waals surface area contributed by atoms with Crippen molar-refractivity contribution in [3.8, 4) is 23.0 Å². The highest BCUT2D eigenvalue weighted by molar-refractivity contribution is 7.92. The number of benzene rings is 3. The topological polar surface area (TPSA) is 94.2 Å². The fraction of sp³-hybridized carbons (Fsp3) is 0.174. The van der Waals surface area contributed by atoms with Crippen molar-refractivity contribution < 1.29 is 27.4 Å². The van der Waals surface area contributed by atoms with E-state index in [1.165, 1.54) is 0 Å². The van der Waals surface area contributed by atoms with Gasteiger partial charge in [0.1, 0.15) is 18.0 Å². The molecule has 1 heterocycles. The summed E-state index contributed by atoms with van der Waals surface area (Å²) in [5, 5.41) is 2.74. The Morgan fingerprint density at radius 1 is 0.969 bits per heavy atom. The zero-order chi connectivity index (χ0) is 22.6. The van der Waals surface area contributed by atoms with Gasteiger partial charge in [0, 0.05) is 6.54 Å². The van der Waals surface area contributed by atoms with E-state index in [1.54, 1.807) is 36.4 Å². The molecule has 1 aliphatic rings. The van der Waals surface area contributed by atoms with Crippen molar-refractivity contribution in [3.05, 3.63) is 78.4 Å². The number of nitrogens with zero attached hydrogens (tertiary/aromatic N) is 1. The predicted octanol–water partition coefficient (Wildman–Crippen LogP) is 3.29. The fourth-order valence-electron chi connectivity index (χ4n) is 3.14. The van der Waals surface area contributed by atoms with Crippen LogP contribution < -0.4 is 23.8 Å². The van der Waals surface area contributed by atoms with Crippen molar-refractivity contribution in [2.45, 2.75) is 6.54 Å². The Bertz CT molecular complexity index is 1200. The smallest absolute Gasteiger partial charge is 0.241 e. The van der Waals surface area contributed by atoms with Gasteiger partial charge in [0.05, 0.1) is 11.9 Å². The van der Waals surface area contributed by atoms with Gasteiger partial charge in [-0.2, -0.15) is 0 Å². The van der Waals surface area contributed by atoms with Gasteiger partial charge in [-0.15, -0.1) is 0 Å². The van der Waals surface area contributed by atoms with Gasteiger partial charge in [-0.1, -0.05) is 24.3 Å². The van der Waals surface area contributed by atoms with E-state index in [2.05, 4.69) is 5.32 Å². The third-order valence-electron chi connectivity index (χ3n) is 4.72. The lowest BCUT2D eigenvalue weighted by Crippen LogP contribution is -2.40. The molecule has 0 spiro atoms. The molecule has 3 aromatic carbocycles. The van der Waals surface area contributed by atoms with Crippen molar-refractivity contribution >= 4 is 21.6 Å². The molecule has 3 aromatic rings. The Labute approximate surface area is 186 Å². The Hall–Kier alpha value is -3.72. The summed E-state index contributed by atoms with van der Waals surface area (Å²) < 4.78 is 42.0. The fourth-order valence-corrected chi connectivity index (χ4v) is 4.00. The highest BCUT2D eigenvalue weighted by Crippen LogP contribution is 2.32. The van der Waals surface area contributed by atoms with E-state index >= 15 is 0 Å². The Morgan fingerprint density at radius 3 is 2.38 bits per heavy atom. The van der Waals surface area contributed by atoms with Gasteiger partial charge in [-0.05, 0) is 54.1 Å². The maximum absolute atomic E-state index is 12.5. The molecule has 0 saturated heterocycles. The van der Waals surface area contributed by atoms with Gasteiger partial charge in [0.25, 0.3) is 0 Å². The molecule has 1 aliphatic heterocycles. The Balaban J connectivity index is 1.40. The van der Waals surface area contributed by atoms with Crippen molar-refractivity contribution in [1.82, 2.24) is 5.32 Å². The van der Waals surface area contributed by atoms with E-state index < -0.39 is 15.9 Å². The molecule has 0 unspecified atom stereocenters. The first-order valence-electron chi connectivity index (χ1n) is 9.84. The molecular weight excluding hydrogens is 432 g/mol. The molecular formula is C23H22N2O6S. The number of sulfonamides is 1. The van der Waals surface area contributed by atoms with E-state index in [9.17, 15) is 13.2 Å². The van der Waals surface area contributed by atoms with Crippen LogP contribution in [-0.4, -0.2) is 33.9 Å². The lowest BCUT2D eigenvalue weighted by molar-refractivity contribution is -0.119. The molecule has 0 radical (unpaired) electrons. The van der Waals surface area contributed by atoms with Crippen LogP contribution in [0.5, 0.6) is 23.0 Å². The standard InChI is InChI=1S/C23H22N2O6S/c1-32(27,28)25(18-8-10-20(11-9-18)31-19-5-3-2-4-6-19)15-23(26)24-14-17-7-12-21-22(13-17)30-16-29-21/h2-13H,14-16H2,1H3,(H,24,26). The number of hydrogen-bond acceptors (Lipinski definition) is 6. The minimum Gasteiger partial charge on any atom is -0.457 e. The number of rotatable bonds is 8. The summed E-state index contributed by atoms with van der Waals surface area (Å²) in [6.07, 6.45) is 1.06. The summed E-state index contributed by atoms with van der Waals surface area (Å²) in [6, 6.07) is 21.1. The average molecular weight is 455 g/mol. The number of ether oxygens (including phenoxy) is 3. The van der Waals surface area contributed by atoms with Crippen LogP contribution in [0.4, 0.5) is 5.69 Å². The first kappa shape index (κ1) is 21.5. The number of hydrogen-bond donors (Lipinski definition) is 1. The molecule has 0 aliphatic carbocycles. The maximum Gasteiger partial charge on any atom is 0.241 e. The van der Waals surface area contributed by atoms with Crippen LogP contribution in [0.3, 0.4) is 0 Å². The number of fused-ring (bicyclic) bond motifs is 1. The molecule has 0 bridgehead atoms. The molecule has 8 nitrogen and oxygen atoms in total.